The minimum absolute atomic E-state index is 0. The first-order chi connectivity index (χ1) is 3.25. The molecule has 60 valence electrons. The summed E-state index contributed by atoms with van der Waals surface area (Å²) in [4.78, 5) is 0. The molecule has 0 atom stereocenters. The Morgan fingerprint density at radius 2 is 0.600 bits per heavy atom. The van der Waals surface area contributed by atoms with E-state index in [1.54, 1.807) is 0 Å². The normalized spacial score (nSPS) is 11.4. The van der Waals surface area contributed by atoms with Gasteiger partial charge in [0.25, 0.3) is 0 Å². The van der Waals surface area contributed by atoms with Gasteiger partial charge in [-0.1, -0.05) is 0 Å². The molecule has 6 nitrogen and oxygen atoms in total. The maximum atomic E-state index is 9.08. The van der Waals surface area contributed by atoms with Crippen molar-refractivity contribution in [2.75, 3.05) is 0 Å². The molecule has 0 unspecified atom stereocenters. The molecule has 0 amide bonds. The zero-order chi connectivity index (χ0) is 7.00. The summed E-state index contributed by atoms with van der Waals surface area (Å²) in [5.41, 5.74) is 0. The van der Waals surface area contributed by atoms with E-state index >= 15 is 0 Å². The standard InChI is InChI=1S/C2O6.2Fe/c3-1(4,5)2(6,7)8;;/q-6;2*+3. The molecule has 10 heavy (non-hydrogen) atoms. The van der Waals surface area contributed by atoms with Gasteiger partial charge in [-0.05, 0) is 0 Å². The quantitative estimate of drug-likeness (QED) is 0.324. The molecule has 0 heterocycles. The Hall–Kier alpha value is 0.799. The SMILES string of the molecule is [Fe+3].[Fe+3].[O-]C([O-])([O-])C([O-])([O-])[O-]. The Labute approximate surface area is 77.1 Å². The van der Waals surface area contributed by atoms with Crippen molar-refractivity contribution < 1.29 is 64.8 Å². The van der Waals surface area contributed by atoms with Crippen molar-refractivity contribution in [1.29, 1.82) is 0 Å². The van der Waals surface area contributed by atoms with Crippen LogP contribution >= 0.6 is 0 Å². The summed E-state index contributed by atoms with van der Waals surface area (Å²) in [5.74, 6) is -9.96. The van der Waals surface area contributed by atoms with E-state index in [-0.39, 0.29) is 34.1 Å². The topological polar surface area (TPSA) is 138 Å². The predicted octanol–water partition coefficient (Wildman–Crippen LogP) is -7.55. The van der Waals surface area contributed by atoms with Gasteiger partial charge in [-0.2, -0.15) is 0 Å². The second kappa shape index (κ2) is 4.63. The van der Waals surface area contributed by atoms with Crippen molar-refractivity contribution in [3.63, 3.8) is 0 Å². The molecule has 0 aromatic carbocycles. The van der Waals surface area contributed by atoms with Crippen LogP contribution in [0, 0.1) is 0 Å². The van der Waals surface area contributed by atoms with Crippen LogP contribution in [0.3, 0.4) is 0 Å². The molecule has 0 bridgehead atoms. The molecule has 0 spiro atoms. The molecule has 2 radical (unpaired) electrons. The third-order valence-corrected chi connectivity index (χ3v) is 0.375. The van der Waals surface area contributed by atoms with Crippen LogP contribution in [-0.2, 0) is 34.1 Å². The average Bonchev–Trinajstić information content (AvgIpc) is 1.25. The van der Waals surface area contributed by atoms with E-state index in [0.717, 1.165) is 0 Å². The van der Waals surface area contributed by atoms with E-state index < -0.39 is 11.9 Å². The molecule has 0 N–H and O–H groups in total. The maximum absolute atomic E-state index is 9.08. The Bertz CT molecular complexity index is 68.7. The van der Waals surface area contributed by atoms with E-state index in [2.05, 4.69) is 0 Å². The molecule has 0 saturated heterocycles. The summed E-state index contributed by atoms with van der Waals surface area (Å²) < 4.78 is 0. The van der Waals surface area contributed by atoms with Gasteiger partial charge in [0, 0.05) is 0 Å². The van der Waals surface area contributed by atoms with Gasteiger partial charge in [-0.3, -0.25) is 0 Å². The third kappa shape index (κ3) is 5.57. The first kappa shape index (κ1) is 17.0. The van der Waals surface area contributed by atoms with Gasteiger partial charge in [0.05, 0.1) is 0 Å². The van der Waals surface area contributed by atoms with Crippen LogP contribution in [0.2, 0.25) is 0 Å². The Morgan fingerprint density at radius 1 is 0.500 bits per heavy atom. The molecule has 0 aliphatic heterocycles. The van der Waals surface area contributed by atoms with Crippen LogP contribution in [0.15, 0.2) is 0 Å². The van der Waals surface area contributed by atoms with Gasteiger partial charge >= 0.3 is 34.1 Å². The zero-order valence-electron chi connectivity index (χ0n) is 4.16. The van der Waals surface area contributed by atoms with Crippen LogP contribution in [-0.4, -0.2) is 11.9 Å². The van der Waals surface area contributed by atoms with Crippen molar-refractivity contribution in [2.45, 2.75) is 11.9 Å². The number of hydrogen-bond acceptors (Lipinski definition) is 6. The summed E-state index contributed by atoms with van der Waals surface area (Å²) >= 11 is 0. The molecule has 0 fully saturated rings. The monoisotopic (exact) mass is 232 g/mol. The van der Waals surface area contributed by atoms with Crippen molar-refractivity contribution in [3.8, 4) is 0 Å². The molecule has 8 heteroatoms. The zero-order valence-corrected chi connectivity index (χ0v) is 6.36. The van der Waals surface area contributed by atoms with Gasteiger partial charge in [0.1, 0.15) is 0 Å². The fourth-order valence-corrected chi connectivity index (χ4v) is 0. The second-order valence-electron chi connectivity index (χ2n) is 1.11. The molecule has 0 saturated carbocycles. The summed E-state index contributed by atoms with van der Waals surface area (Å²) in [6.45, 7) is 0. The van der Waals surface area contributed by atoms with Gasteiger partial charge in [0.2, 0.25) is 0 Å². The van der Waals surface area contributed by atoms with E-state index in [1.165, 1.54) is 0 Å². The summed E-state index contributed by atoms with van der Waals surface area (Å²) in [7, 11) is 0. The smallest absolute Gasteiger partial charge is 0.879 e. The summed E-state index contributed by atoms with van der Waals surface area (Å²) in [6.07, 6.45) is 0. The fraction of sp³-hybridized carbons (Fsp3) is 1.00. The summed E-state index contributed by atoms with van der Waals surface area (Å²) in [5, 5.41) is 54.5. The van der Waals surface area contributed by atoms with Crippen LogP contribution in [0.5, 0.6) is 0 Å². The van der Waals surface area contributed by atoms with Crippen molar-refractivity contribution in [2.24, 2.45) is 0 Å². The van der Waals surface area contributed by atoms with E-state index in [9.17, 15) is 0 Å². The number of rotatable bonds is 1. The van der Waals surface area contributed by atoms with E-state index in [4.69, 9.17) is 30.6 Å². The van der Waals surface area contributed by atoms with Crippen molar-refractivity contribution in [3.05, 3.63) is 0 Å². The Kier molecular flexibility index (Phi) is 7.90. The van der Waals surface area contributed by atoms with Crippen molar-refractivity contribution >= 4 is 0 Å². The van der Waals surface area contributed by atoms with Gasteiger partial charge < -0.3 is 42.6 Å². The van der Waals surface area contributed by atoms with Gasteiger partial charge in [-0.25, -0.2) is 0 Å². The second-order valence-corrected chi connectivity index (χ2v) is 1.11. The molecular formula is C2Fe2O6. The minimum Gasteiger partial charge on any atom is -0.879 e. The molecule has 0 aliphatic carbocycles. The molecule has 0 aromatic rings. The van der Waals surface area contributed by atoms with Gasteiger partial charge in [0.15, 0.2) is 0 Å². The van der Waals surface area contributed by atoms with E-state index in [0.29, 0.717) is 0 Å². The molecule has 0 aromatic heterocycles. The van der Waals surface area contributed by atoms with Crippen LogP contribution in [0.25, 0.3) is 0 Å². The Morgan fingerprint density at radius 3 is 0.600 bits per heavy atom. The largest absolute Gasteiger partial charge is 3.00 e. The first-order valence-electron chi connectivity index (χ1n) is 1.47. The van der Waals surface area contributed by atoms with Crippen LogP contribution in [0.4, 0.5) is 0 Å². The van der Waals surface area contributed by atoms with Crippen LogP contribution < -0.4 is 30.6 Å². The molecular weight excluding hydrogens is 232 g/mol. The minimum atomic E-state index is -4.98. The van der Waals surface area contributed by atoms with Crippen LogP contribution in [0.1, 0.15) is 0 Å². The predicted molar refractivity (Wildman–Crippen MR) is 5.46 cm³/mol. The molecule has 0 rings (SSSR count). The maximum Gasteiger partial charge on any atom is 3.00 e. The Balaban J connectivity index is -0.000000245. The fourth-order valence-electron chi connectivity index (χ4n) is 0. The first-order valence-corrected chi connectivity index (χ1v) is 1.47. The third-order valence-electron chi connectivity index (χ3n) is 0.375. The number of hydrogen-bond donors (Lipinski definition) is 0. The average molecular weight is 232 g/mol. The van der Waals surface area contributed by atoms with Crippen molar-refractivity contribution in [1.82, 2.24) is 0 Å². The summed E-state index contributed by atoms with van der Waals surface area (Å²) in [6, 6.07) is 0. The van der Waals surface area contributed by atoms with E-state index in [1.807, 2.05) is 0 Å². The van der Waals surface area contributed by atoms with Gasteiger partial charge in [-0.15, -0.1) is 0 Å². The molecule has 0 aliphatic rings.